The van der Waals surface area contributed by atoms with Crippen LogP contribution in [0.3, 0.4) is 0 Å². The van der Waals surface area contributed by atoms with Gasteiger partial charge in [0, 0.05) is 6.54 Å². The lowest BCUT2D eigenvalue weighted by Gasteiger charge is -2.26. The highest BCUT2D eigenvalue weighted by Gasteiger charge is 2.28. The molecule has 1 N–H and O–H groups in total. The van der Waals surface area contributed by atoms with E-state index in [-0.39, 0.29) is 11.8 Å². The molecule has 1 atom stereocenters. The summed E-state index contributed by atoms with van der Waals surface area (Å²) in [5.41, 5.74) is 2.96. The second-order valence-electron chi connectivity index (χ2n) is 4.90. The molecular weight excluding hydrogens is 250 g/mol. The number of carbonyl (C=O) groups excluding carboxylic acids is 1. The molecule has 0 spiro atoms. The van der Waals surface area contributed by atoms with Crippen molar-refractivity contribution in [1.82, 2.24) is 5.32 Å². The number of ether oxygens (including phenoxy) is 1. The molecule has 0 aliphatic carbocycles. The molecule has 2 aromatic carbocycles. The first-order valence-corrected chi connectivity index (χ1v) is 6.79. The van der Waals surface area contributed by atoms with Gasteiger partial charge in [-0.25, -0.2) is 0 Å². The van der Waals surface area contributed by atoms with Crippen molar-refractivity contribution in [3.8, 4) is 5.75 Å². The predicted molar refractivity (Wildman–Crippen MR) is 78.2 cm³/mol. The molecule has 1 heterocycles. The summed E-state index contributed by atoms with van der Waals surface area (Å²) in [6.45, 7) is 0.822. The van der Waals surface area contributed by atoms with Crippen LogP contribution in [-0.4, -0.2) is 19.4 Å². The van der Waals surface area contributed by atoms with Crippen LogP contribution in [0.4, 0.5) is 0 Å². The number of fused-ring (bicyclic) bond motifs is 1. The van der Waals surface area contributed by atoms with E-state index in [2.05, 4.69) is 11.4 Å². The molecule has 0 bridgehead atoms. The van der Waals surface area contributed by atoms with E-state index >= 15 is 0 Å². The van der Waals surface area contributed by atoms with Gasteiger partial charge in [0.2, 0.25) is 0 Å². The van der Waals surface area contributed by atoms with Crippen molar-refractivity contribution in [2.24, 2.45) is 0 Å². The molecule has 0 saturated carbocycles. The second-order valence-corrected chi connectivity index (χ2v) is 4.90. The quantitative estimate of drug-likeness (QED) is 0.869. The Balaban J connectivity index is 2.00. The Morgan fingerprint density at radius 2 is 1.90 bits per heavy atom. The third-order valence-corrected chi connectivity index (χ3v) is 3.74. The van der Waals surface area contributed by atoms with Gasteiger partial charge >= 0.3 is 0 Å². The van der Waals surface area contributed by atoms with Crippen molar-refractivity contribution in [1.29, 1.82) is 0 Å². The number of benzene rings is 2. The number of Topliss-reactive ketones (excluding diaryl/α,β-unsaturated/α-hetero) is 1. The van der Waals surface area contributed by atoms with Gasteiger partial charge in [-0.2, -0.15) is 0 Å². The molecule has 1 aliphatic rings. The summed E-state index contributed by atoms with van der Waals surface area (Å²) in [6, 6.07) is 15.2. The summed E-state index contributed by atoms with van der Waals surface area (Å²) in [7, 11) is 1.59. The Hall–Kier alpha value is -2.13. The number of ketones is 1. The fourth-order valence-corrected chi connectivity index (χ4v) is 2.74. The fraction of sp³-hybridized carbons (Fsp3) is 0.235. The highest BCUT2D eigenvalue weighted by atomic mass is 16.5. The standard InChI is InChI=1S/C17H17NO2/c1-20-15-9-5-4-8-14(15)17(19)16-13-7-3-2-6-12(13)10-11-18-16/h2-9,16,18H,10-11H2,1H3. The molecular formula is C17H17NO2. The van der Waals surface area contributed by atoms with Crippen LogP contribution in [-0.2, 0) is 6.42 Å². The molecule has 0 saturated heterocycles. The van der Waals surface area contributed by atoms with Crippen LogP contribution in [0.1, 0.15) is 27.5 Å². The van der Waals surface area contributed by atoms with E-state index in [9.17, 15) is 4.79 Å². The predicted octanol–water partition coefficient (Wildman–Crippen LogP) is 2.76. The van der Waals surface area contributed by atoms with Crippen molar-refractivity contribution >= 4 is 5.78 Å². The van der Waals surface area contributed by atoms with Crippen molar-refractivity contribution in [3.05, 3.63) is 65.2 Å². The van der Waals surface area contributed by atoms with E-state index < -0.39 is 0 Å². The molecule has 0 fully saturated rings. The van der Waals surface area contributed by atoms with Gasteiger partial charge < -0.3 is 10.1 Å². The Bertz CT molecular complexity index is 636. The van der Waals surface area contributed by atoms with E-state index in [1.165, 1.54) is 5.56 Å². The first-order valence-electron chi connectivity index (χ1n) is 6.79. The first-order chi connectivity index (χ1) is 9.81. The van der Waals surface area contributed by atoms with E-state index in [0.29, 0.717) is 11.3 Å². The third-order valence-electron chi connectivity index (χ3n) is 3.74. The number of carbonyl (C=O) groups is 1. The molecule has 0 aromatic heterocycles. The average molecular weight is 267 g/mol. The van der Waals surface area contributed by atoms with Gasteiger partial charge in [-0.15, -0.1) is 0 Å². The summed E-state index contributed by atoms with van der Waals surface area (Å²) in [4.78, 5) is 12.8. The van der Waals surface area contributed by atoms with Gasteiger partial charge in [0.15, 0.2) is 5.78 Å². The van der Waals surface area contributed by atoms with Crippen LogP contribution in [0.2, 0.25) is 0 Å². The maximum absolute atomic E-state index is 12.8. The zero-order valence-electron chi connectivity index (χ0n) is 11.4. The number of methoxy groups -OCH3 is 1. The molecule has 2 aromatic rings. The van der Waals surface area contributed by atoms with E-state index in [4.69, 9.17) is 4.74 Å². The van der Waals surface area contributed by atoms with Crippen LogP contribution in [0, 0.1) is 0 Å². The highest BCUT2D eigenvalue weighted by Crippen LogP contribution is 2.29. The molecule has 0 amide bonds. The Morgan fingerprint density at radius 1 is 1.15 bits per heavy atom. The topological polar surface area (TPSA) is 38.3 Å². The summed E-state index contributed by atoms with van der Waals surface area (Å²) in [5.74, 6) is 0.692. The Kier molecular flexibility index (Phi) is 3.52. The minimum Gasteiger partial charge on any atom is -0.496 e. The second kappa shape index (κ2) is 5.47. The maximum atomic E-state index is 12.8. The van der Waals surface area contributed by atoms with Crippen LogP contribution in [0.25, 0.3) is 0 Å². The molecule has 3 nitrogen and oxygen atoms in total. The molecule has 102 valence electrons. The SMILES string of the molecule is COc1ccccc1C(=O)C1NCCc2ccccc21. The average Bonchev–Trinajstić information content (AvgIpc) is 2.53. The monoisotopic (exact) mass is 267 g/mol. The lowest BCUT2D eigenvalue weighted by molar-refractivity contribution is 0.0936. The zero-order valence-corrected chi connectivity index (χ0v) is 11.4. The highest BCUT2D eigenvalue weighted by molar-refractivity contribution is 6.03. The third kappa shape index (κ3) is 2.21. The fourth-order valence-electron chi connectivity index (χ4n) is 2.74. The normalized spacial score (nSPS) is 17.4. The number of rotatable bonds is 3. The zero-order chi connectivity index (χ0) is 13.9. The summed E-state index contributed by atoms with van der Waals surface area (Å²) in [6.07, 6.45) is 0.964. The molecule has 0 radical (unpaired) electrons. The van der Waals surface area contributed by atoms with Gasteiger partial charge in [-0.3, -0.25) is 4.79 Å². The molecule has 3 heteroatoms. The molecule has 3 rings (SSSR count). The van der Waals surface area contributed by atoms with Crippen LogP contribution < -0.4 is 10.1 Å². The van der Waals surface area contributed by atoms with Gasteiger partial charge in [-0.1, -0.05) is 36.4 Å². The van der Waals surface area contributed by atoms with Gasteiger partial charge in [0.05, 0.1) is 18.7 Å². The lowest BCUT2D eigenvalue weighted by Crippen LogP contribution is -2.35. The number of hydrogen-bond acceptors (Lipinski definition) is 3. The van der Waals surface area contributed by atoms with Gasteiger partial charge in [0.1, 0.15) is 5.75 Å². The van der Waals surface area contributed by atoms with Crippen LogP contribution in [0.15, 0.2) is 48.5 Å². The van der Waals surface area contributed by atoms with E-state index in [0.717, 1.165) is 18.5 Å². The number of para-hydroxylation sites is 1. The van der Waals surface area contributed by atoms with Crippen molar-refractivity contribution in [2.75, 3.05) is 13.7 Å². The van der Waals surface area contributed by atoms with Crippen molar-refractivity contribution in [2.45, 2.75) is 12.5 Å². The van der Waals surface area contributed by atoms with E-state index in [1.807, 2.05) is 42.5 Å². The lowest BCUT2D eigenvalue weighted by atomic mass is 9.89. The number of nitrogens with one attached hydrogen (secondary N) is 1. The maximum Gasteiger partial charge on any atom is 0.187 e. The van der Waals surface area contributed by atoms with Gasteiger partial charge in [-0.05, 0) is 29.7 Å². The Labute approximate surface area is 118 Å². The van der Waals surface area contributed by atoms with Crippen LogP contribution >= 0.6 is 0 Å². The van der Waals surface area contributed by atoms with Gasteiger partial charge in [0.25, 0.3) is 0 Å². The van der Waals surface area contributed by atoms with Crippen molar-refractivity contribution < 1.29 is 9.53 Å². The molecule has 20 heavy (non-hydrogen) atoms. The smallest absolute Gasteiger partial charge is 0.187 e. The van der Waals surface area contributed by atoms with E-state index in [1.54, 1.807) is 7.11 Å². The van der Waals surface area contributed by atoms with Crippen LogP contribution in [0.5, 0.6) is 5.75 Å². The summed E-state index contributed by atoms with van der Waals surface area (Å²) in [5, 5.41) is 3.32. The van der Waals surface area contributed by atoms with Crippen molar-refractivity contribution in [3.63, 3.8) is 0 Å². The summed E-state index contributed by atoms with van der Waals surface area (Å²) >= 11 is 0. The number of hydrogen-bond donors (Lipinski definition) is 1. The molecule has 1 unspecified atom stereocenters. The largest absolute Gasteiger partial charge is 0.496 e. The minimum absolute atomic E-state index is 0.0644. The molecule has 1 aliphatic heterocycles. The Morgan fingerprint density at radius 3 is 2.75 bits per heavy atom. The first kappa shape index (κ1) is 12.9. The summed E-state index contributed by atoms with van der Waals surface area (Å²) < 4.78 is 5.30. The minimum atomic E-state index is -0.281.